The van der Waals surface area contributed by atoms with Crippen molar-refractivity contribution in [3.05, 3.63) is 59.9 Å². The van der Waals surface area contributed by atoms with Crippen LogP contribution in [0.15, 0.2) is 48.8 Å². The predicted molar refractivity (Wildman–Crippen MR) is 116 cm³/mol. The van der Waals surface area contributed by atoms with Crippen molar-refractivity contribution in [3.63, 3.8) is 0 Å². The highest BCUT2D eigenvalue weighted by molar-refractivity contribution is 6.06. The van der Waals surface area contributed by atoms with E-state index in [2.05, 4.69) is 15.4 Å². The fourth-order valence-corrected chi connectivity index (χ4v) is 3.50. The molecule has 2 aromatic heterocycles. The van der Waals surface area contributed by atoms with Crippen molar-refractivity contribution in [3.8, 4) is 11.4 Å². The van der Waals surface area contributed by atoms with Crippen LogP contribution in [0.2, 0.25) is 0 Å². The summed E-state index contributed by atoms with van der Waals surface area (Å²) in [4.78, 5) is 30.3. The summed E-state index contributed by atoms with van der Waals surface area (Å²) in [5, 5.41) is 6.54. The van der Waals surface area contributed by atoms with Crippen LogP contribution < -0.4 is 15.8 Å². The van der Waals surface area contributed by atoms with Gasteiger partial charge in [-0.15, -0.1) is 0 Å². The zero-order valence-corrected chi connectivity index (χ0v) is 17.9. The molecule has 0 bridgehead atoms. The van der Waals surface area contributed by atoms with E-state index in [1.807, 2.05) is 0 Å². The molecule has 0 atom stereocenters. The number of aromatic nitrogens is 3. The molecule has 1 aliphatic heterocycles. The maximum Gasteiger partial charge on any atom is 0.417 e. The lowest BCUT2D eigenvalue weighted by atomic mass is 10.2. The van der Waals surface area contributed by atoms with Gasteiger partial charge in [0.15, 0.2) is 6.61 Å². The van der Waals surface area contributed by atoms with E-state index >= 15 is 0 Å². The first-order chi connectivity index (χ1) is 16.2. The summed E-state index contributed by atoms with van der Waals surface area (Å²) in [6.07, 6.45) is -0.742. The van der Waals surface area contributed by atoms with Gasteiger partial charge in [0.1, 0.15) is 28.6 Å². The molecule has 2 amide bonds. The Kier molecular flexibility index (Phi) is 6.39. The molecular formula is C22H21F3N6O3. The molecule has 34 heavy (non-hydrogen) atoms. The third-order valence-corrected chi connectivity index (χ3v) is 5.29. The van der Waals surface area contributed by atoms with Gasteiger partial charge in [0.05, 0.1) is 11.8 Å². The summed E-state index contributed by atoms with van der Waals surface area (Å²) in [5.41, 5.74) is 5.61. The number of halogens is 3. The molecule has 3 heterocycles. The fourth-order valence-electron chi connectivity index (χ4n) is 3.50. The van der Waals surface area contributed by atoms with Crippen LogP contribution >= 0.6 is 0 Å². The molecule has 1 saturated heterocycles. The third kappa shape index (κ3) is 4.95. The predicted octanol–water partition coefficient (Wildman–Crippen LogP) is 3.12. The van der Waals surface area contributed by atoms with Crippen molar-refractivity contribution in [2.45, 2.75) is 19.0 Å². The average Bonchev–Trinajstić information content (AvgIpc) is 3.48. The number of nitrogens with zero attached hydrogens (tertiary/aromatic N) is 4. The number of hydrogen-bond acceptors (Lipinski definition) is 6. The van der Waals surface area contributed by atoms with Crippen LogP contribution in [0.4, 0.5) is 24.8 Å². The molecule has 12 heteroatoms. The molecule has 1 aliphatic rings. The first-order valence-electron chi connectivity index (χ1n) is 10.4. The van der Waals surface area contributed by atoms with Gasteiger partial charge in [0.25, 0.3) is 11.8 Å². The minimum atomic E-state index is -4.53. The number of rotatable bonds is 6. The molecule has 0 unspecified atom stereocenters. The topological polar surface area (TPSA) is 115 Å². The molecule has 0 radical (unpaired) electrons. The summed E-state index contributed by atoms with van der Waals surface area (Å²) in [6.45, 7) is 1.27. The normalized spacial score (nSPS) is 13.7. The maximum absolute atomic E-state index is 12.7. The van der Waals surface area contributed by atoms with Gasteiger partial charge in [0.2, 0.25) is 0 Å². The molecule has 0 spiro atoms. The molecule has 9 nitrogen and oxygen atoms in total. The second kappa shape index (κ2) is 9.41. The molecule has 3 aromatic rings. The Morgan fingerprint density at radius 2 is 1.82 bits per heavy atom. The van der Waals surface area contributed by atoms with E-state index in [9.17, 15) is 22.8 Å². The number of benzene rings is 1. The van der Waals surface area contributed by atoms with Crippen molar-refractivity contribution < 1.29 is 27.5 Å². The van der Waals surface area contributed by atoms with Gasteiger partial charge in [-0.3, -0.25) is 9.59 Å². The Balaban J connectivity index is 1.49. The highest BCUT2D eigenvalue weighted by atomic mass is 19.4. The van der Waals surface area contributed by atoms with Crippen LogP contribution in [0, 0.1) is 0 Å². The summed E-state index contributed by atoms with van der Waals surface area (Å²) in [6, 6.07) is 8.62. The zero-order chi connectivity index (χ0) is 24.3. The number of carbonyl (C=O) groups is 2. The summed E-state index contributed by atoms with van der Waals surface area (Å²) < 4.78 is 45.1. The largest absolute Gasteiger partial charge is 0.482 e. The van der Waals surface area contributed by atoms with Gasteiger partial charge < -0.3 is 20.7 Å². The second-order valence-corrected chi connectivity index (χ2v) is 7.58. The Morgan fingerprint density at radius 1 is 1.09 bits per heavy atom. The van der Waals surface area contributed by atoms with Crippen LogP contribution in [0.1, 0.15) is 28.8 Å². The smallest absolute Gasteiger partial charge is 0.417 e. The monoisotopic (exact) mass is 474 g/mol. The van der Waals surface area contributed by atoms with Gasteiger partial charge in [-0.1, -0.05) is 12.1 Å². The Bertz CT molecular complexity index is 1190. The number of anilines is 2. The second-order valence-electron chi connectivity index (χ2n) is 7.58. The number of alkyl halides is 3. The third-order valence-electron chi connectivity index (χ3n) is 5.29. The number of ether oxygens (including phenoxy) is 1. The summed E-state index contributed by atoms with van der Waals surface area (Å²) >= 11 is 0. The number of amides is 2. The summed E-state index contributed by atoms with van der Waals surface area (Å²) in [7, 11) is 0. The van der Waals surface area contributed by atoms with Crippen molar-refractivity contribution >= 4 is 23.5 Å². The van der Waals surface area contributed by atoms with Crippen LogP contribution in [-0.4, -0.2) is 51.2 Å². The van der Waals surface area contributed by atoms with E-state index in [0.29, 0.717) is 30.7 Å². The standard InChI is InChI=1S/C22H21F3N6O3/c23-22(24,25)14-7-8-18(27-11-14)29-21(33)15-12-28-31(20(15)26)16-5-1-2-6-17(16)34-13-19(32)30-9-3-4-10-30/h1-2,5-8,11-12H,3-4,9-10,13,26H2,(H,27,29,33). The van der Waals surface area contributed by atoms with Crippen LogP contribution in [-0.2, 0) is 11.0 Å². The highest BCUT2D eigenvalue weighted by Crippen LogP contribution is 2.29. The maximum atomic E-state index is 12.7. The molecule has 1 aromatic carbocycles. The molecule has 0 saturated carbocycles. The first-order valence-corrected chi connectivity index (χ1v) is 10.4. The number of nitrogen functional groups attached to an aromatic ring is 1. The van der Waals surface area contributed by atoms with E-state index in [1.54, 1.807) is 29.2 Å². The number of hydrogen-bond donors (Lipinski definition) is 2. The van der Waals surface area contributed by atoms with Gasteiger partial charge in [0, 0.05) is 19.3 Å². The number of nitrogens with one attached hydrogen (secondary N) is 1. The Morgan fingerprint density at radius 3 is 2.50 bits per heavy atom. The van der Waals surface area contributed by atoms with Gasteiger partial charge in [-0.25, -0.2) is 9.67 Å². The van der Waals surface area contributed by atoms with E-state index in [0.717, 1.165) is 25.0 Å². The van der Waals surface area contributed by atoms with E-state index in [1.165, 1.54) is 10.9 Å². The number of para-hydroxylation sites is 2. The number of pyridine rings is 1. The Labute approximate surface area is 192 Å². The minimum Gasteiger partial charge on any atom is -0.482 e. The average molecular weight is 474 g/mol. The van der Waals surface area contributed by atoms with Crippen LogP contribution in [0.5, 0.6) is 5.75 Å². The summed E-state index contributed by atoms with van der Waals surface area (Å²) in [5.74, 6) is -0.565. The van der Waals surface area contributed by atoms with Crippen molar-refractivity contribution in [1.29, 1.82) is 0 Å². The van der Waals surface area contributed by atoms with Crippen molar-refractivity contribution in [1.82, 2.24) is 19.7 Å². The number of nitrogens with two attached hydrogens (primary N) is 1. The van der Waals surface area contributed by atoms with E-state index in [-0.39, 0.29) is 29.7 Å². The lowest BCUT2D eigenvalue weighted by molar-refractivity contribution is -0.137. The number of likely N-dealkylation sites (tertiary alicyclic amines) is 1. The van der Waals surface area contributed by atoms with E-state index < -0.39 is 17.6 Å². The van der Waals surface area contributed by atoms with Crippen LogP contribution in [0.25, 0.3) is 5.69 Å². The lowest BCUT2D eigenvalue weighted by Crippen LogP contribution is -2.32. The molecule has 4 rings (SSSR count). The molecule has 3 N–H and O–H groups in total. The lowest BCUT2D eigenvalue weighted by Gasteiger charge is -2.17. The Hall–Kier alpha value is -4.09. The quantitative estimate of drug-likeness (QED) is 0.567. The van der Waals surface area contributed by atoms with Gasteiger partial charge >= 0.3 is 6.18 Å². The van der Waals surface area contributed by atoms with Gasteiger partial charge in [-0.2, -0.15) is 18.3 Å². The van der Waals surface area contributed by atoms with Gasteiger partial charge in [-0.05, 0) is 37.1 Å². The molecule has 1 fully saturated rings. The van der Waals surface area contributed by atoms with Crippen molar-refractivity contribution in [2.75, 3.05) is 30.7 Å². The number of carbonyl (C=O) groups excluding carboxylic acids is 2. The minimum absolute atomic E-state index is 0.00959. The van der Waals surface area contributed by atoms with E-state index in [4.69, 9.17) is 10.5 Å². The molecular weight excluding hydrogens is 453 g/mol. The molecule has 0 aliphatic carbocycles. The van der Waals surface area contributed by atoms with Crippen molar-refractivity contribution in [2.24, 2.45) is 0 Å². The molecule has 178 valence electrons. The first kappa shape index (κ1) is 23.1. The van der Waals surface area contributed by atoms with Crippen LogP contribution in [0.3, 0.4) is 0 Å². The SMILES string of the molecule is Nc1c(C(=O)Nc2ccc(C(F)(F)F)cn2)cnn1-c1ccccc1OCC(=O)N1CCCC1. The highest BCUT2D eigenvalue weighted by Gasteiger charge is 2.30. The fraction of sp³-hybridized carbons (Fsp3) is 0.273. The zero-order valence-electron chi connectivity index (χ0n) is 17.9.